The highest BCUT2D eigenvalue weighted by Gasteiger charge is 2.27. The van der Waals surface area contributed by atoms with Gasteiger partial charge in [-0.2, -0.15) is 0 Å². The van der Waals surface area contributed by atoms with Crippen LogP contribution in [0.2, 0.25) is 0 Å². The van der Waals surface area contributed by atoms with Crippen LogP contribution in [0.1, 0.15) is 41.4 Å². The molecule has 8 nitrogen and oxygen atoms in total. The number of imidazole rings is 1. The van der Waals surface area contributed by atoms with Gasteiger partial charge in [0.05, 0.1) is 17.9 Å². The lowest BCUT2D eigenvalue weighted by atomic mass is 10.0. The van der Waals surface area contributed by atoms with E-state index in [1.807, 2.05) is 48.0 Å². The van der Waals surface area contributed by atoms with Crippen molar-refractivity contribution in [3.05, 3.63) is 65.6 Å². The van der Waals surface area contributed by atoms with Crippen LogP contribution < -0.4 is 10.1 Å². The van der Waals surface area contributed by atoms with Gasteiger partial charge in [-0.3, -0.25) is 4.79 Å². The monoisotopic (exact) mass is 436 g/mol. The van der Waals surface area contributed by atoms with Crippen molar-refractivity contribution in [1.82, 2.24) is 19.6 Å². The Balaban J connectivity index is 1.44. The van der Waals surface area contributed by atoms with Gasteiger partial charge >= 0.3 is 6.09 Å². The van der Waals surface area contributed by atoms with Gasteiger partial charge in [0, 0.05) is 31.5 Å². The number of carbonyl (C=O) groups excluding carboxylic acids is 2. The van der Waals surface area contributed by atoms with E-state index in [-0.39, 0.29) is 18.6 Å². The molecule has 1 aromatic carbocycles. The third kappa shape index (κ3) is 4.85. The molecule has 2 aromatic heterocycles. The molecule has 0 bridgehead atoms. The van der Waals surface area contributed by atoms with Crippen molar-refractivity contribution in [1.29, 1.82) is 0 Å². The molecule has 0 aliphatic carbocycles. The molecule has 1 aliphatic rings. The first-order valence-corrected chi connectivity index (χ1v) is 10.9. The Morgan fingerprint density at radius 1 is 1.22 bits per heavy atom. The molecule has 3 heterocycles. The van der Waals surface area contributed by atoms with Gasteiger partial charge in [-0.1, -0.05) is 18.2 Å². The van der Waals surface area contributed by atoms with Crippen molar-refractivity contribution < 1.29 is 19.1 Å². The summed E-state index contributed by atoms with van der Waals surface area (Å²) in [6.07, 6.45) is 5.06. The van der Waals surface area contributed by atoms with Gasteiger partial charge in [0.15, 0.2) is 0 Å². The third-order valence-corrected chi connectivity index (χ3v) is 5.53. The van der Waals surface area contributed by atoms with Gasteiger partial charge in [0.25, 0.3) is 5.91 Å². The lowest BCUT2D eigenvalue weighted by molar-refractivity contribution is 0.0681. The van der Waals surface area contributed by atoms with Crippen LogP contribution >= 0.6 is 0 Å². The lowest BCUT2D eigenvalue weighted by Crippen LogP contribution is -2.49. The van der Waals surface area contributed by atoms with Gasteiger partial charge in [0.2, 0.25) is 0 Å². The van der Waals surface area contributed by atoms with Crippen molar-refractivity contribution in [3.63, 3.8) is 0 Å². The zero-order valence-electron chi connectivity index (χ0n) is 18.4. The summed E-state index contributed by atoms with van der Waals surface area (Å²) < 4.78 is 12.9. The number of nitrogens with zero attached hydrogens (tertiary/aromatic N) is 3. The van der Waals surface area contributed by atoms with E-state index in [0.29, 0.717) is 31.0 Å². The molecule has 1 fully saturated rings. The second-order valence-electron chi connectivity index (χ2n) is 7.89. The number of aryl methyl sites for hydroxylation is 1. The molecule has 4 rings (SSSR count). The van der Waals surface area contributed by atoms with Crippen LogP contribution in [-0.4, -0.2) is 52.0 Å². The first kappa shape index (κ1) is 21.7. The molecule has 168 valence electrons. The molecule has 0 spiro atoms. The lowest BCUT2D eigenvalue weighted by Gasteiger charge is -2.33. The number of ether oxygens (including phenoxy) is 2. The number of pyridine rings is 1. The number of alkyl carbamates (subject to hydrolysis) is 1. The van der Waals surface area contributed by atoms with Gasteiger partial charge in [-0.15, -0.1) is 0 Å². The normalized spacial score (nSPS) is 16.1. The topological polar surface area (TPSA) is 85.2 Å². The summed E-state index contributed by atoms with van der Waals surface area (Å²) in [6, 6.07) is 11.1. The molecule has 32 heavy (non-hydrogen) atoms. The Hall–Kier alpha value is -3.55. The van der Waals surface area contributed by atoms with E-state index >= 15 is 0 Å². The summed E-state index contributed by atoms with van der Waals surface area (Å²) in [5, 5.41) is 2.84. The summed E-state index contributed by atoms with van der Waals surface area (Å²) in [6.45, 7) is 5.44. The first-order valence-electron chi connectivity index (χ1n) is 10.9. The molecule has 1 N–H and O–H groups in total. The fraction of sp³-hybridized carbons (Fsp3) is 0.375. The van der Waals surface area contributed by atoms with Crippen LogP contribution in [0.15, 0.2) is 48.8 Å². The number of nitrogens with one attached hydrogen (secondary N) is 1. The maximum atomic E-state index is 13.3. The zero-order chi connectivity index (χ0) is 22.5. The Kier molecular flexibility index (Phi) is 6.58. The predicted molar refractivity (Wildman–Crippen MR) is 120 cm³/mol. The van der Waals surface area contributed by atoms with Crippen LogP contribution in [0, 0.1) is 6.92 Å². The van der Waals surface area contributed by atoms with E-state index in [1.54, 1.807) is 24.0 Å². The van der Waals surface area contributed by atoms with Crippen molar-refractivity contribution in [2.45, 2.75) is 39.3 Å². The number of benzene rings is 1. The average Bonchev–Trinajstić information content (AvgIpc) is 3.22. The Labute approximate surface area is 187 Å². The number of carbonyl (C=O) groups is 2. The predicted octanol–water partition coefficient (Wildman–Crippen LogP) is 3.57. The van der Waals surface area contributed by atoms with E-state index in [1.165, 1.54) is 0 Å². The Bertz CT molecular complexity index is 1110. The molecule has 3 aromatic rings. The highest BCUT2D eigenvalue weighted by atomic mass is 16.5. The van der Waals surface area contributed by atoms with Crippen LogP contribution in [0.5, 0.6) is 5.75 Å². The first-order chi connectivity index (χ1) is 15.5. The number of rotatable bonds is 6. The molecule has 1 unspecified atom stereocenters. The van der Waals surface area contributed by atoms with E-state index in [9.17, 15) is 9.59 Å². The summed E-state index contributed by atoms with van der Waals surface area (Å²) in [4.78, 5) is 31.4. The van der Waals surface area contributed by atoms with Crippen LogP contribution in [-0.2, 0) is 11.3 Å². The summed E-state index contributed by atoms with van der Waals surface area (Å²) >= 11 is 0. The molecule has 0 radical (unpaired) electrons. The van der Waals surface area contributed by atoms with Crippen LogP contribution in [0.4, 0.5) is 4.79 Å². The standard InChI is InChI=1S/C24H28N4O4/c1-3-31-24(30)26-18-9-7-13-28(14-18)23(29)20-10-4-5-11-21(20)32-16-19-15-27-12-6-8-17(2)22(27)25-19/h4-6,8,10-12,15,18H,3,7,9,13-14,16H2,1-2H3,(H,26,30). The number of piperidine rings is 1. The van der Waals surface area contributed by atoms with Crippen molar-refractivity contribution in [3.8, 4) is 5.75 Å². The number of para-hydroxylation sites is 1. The minimum absolute atomic E-state index is 0.109. The summed E-state index contributed by atoms with van der Waals surface area (Å²) in [5.74, 6) is 0.411. The number of aromatic nitrogens is 2. The smallest absolute Gasteiger partial charge is 0.407 e. The van der Waals surface area contributed by atoms with Crippen molar-refractivity contribution >= 4 is 17.6 Å². The van der Waals surface area contributed by atoms with Gasteiger partial charge in [-0.25, -0.2) is 9.78 Å². The van der Waals surface area contributed by atoms with E-state index in [2.05, 4.69) is 10.3 Å². The third-order valence-electron chi connectivity index (χ3n) is 5.53. The molecule has 1 atom stereocenters. The highest BCUT2D eigenvalue weighted by Crippen LogP contribution is 2.23. The van der Waals surface area contributed by atoms with Crippen LogP contribution in [0.3, 0.4) is 0 Å². The van der Waals surface area contributed by atoms with E-state index in [0.717, 1.165) is 29.7 Å². The van der Waals surface area contributed by atoms with Gasteiger partial charge in [0.1, 0.15) is 18.0 Å². The molecule has 1 saturated heterocycles. The van der Waals surface area contributed by atoms with Crippen LogP contribution in [0.25, 0.3) is 5.65 Å². The van der Waals surface area contributed by atoms with E-state index < -0.39 is 6.09 Å². The Morgan fingerprint density at radius 3 is 2.88 bits per heavy atom. The molecule has 2 amide bonds. The number of likely N-dealkylation sites (tertiary alicyclic amines) is 1. The SMILES string of the molecule is CCOC(=O)NC1CCCN(C(=O)c2ccccc2OCc2cn3cccc(C)c3n2)C1. The largest absolute Gasteiger partial charge is 0.486 e. The maximum Gasteiger partial charge on any atom is 0.407 e. The second kappa shape index (κ2) is 9.72. The minimum Gasteiger partial charge on any atom is -0.486 e. The number of hydrogen-bond donors (Lipinski definition) is 1. The average molecular weight is 437 g/mol. The minimum atomic E-state index is -0.446. The number of hydrogen-bond acceptors (Lipinski definition) is 5. The second-order valence-corrected chi connectivity index (χ2v) is 7.89. The molecule has 0 saturated carbocycles. The number of amides is 2. The van der Waals surface area contributed by atoms with Crippen molar-refractivity contribution in [2.24, 2.45) is 0 Å². The van der Waals surface area contributed by atoms with E-state index in [4.69, 9.17) is 9.47 Å². The molecular formula is C24H28N4O4. The maximum absolute atomic E-state index is 13.3. The zero-order valence-corrected chi connectivity index (χ0v) is 18.4. The highest BCUT2D eigenvalue weighted by molar-refractivity contribution is 5.97. The fourth-order valence-electron chi connectivity index (χ4n) is 3.98. The fourth-order valence-corrected chi connectivity index (χ4v) is 3.98. The van der Waals surface area contributed by atoms with Crippen molar-refractivity contribution in [2.75, 3.05) is 19.7 Å². The summed E-state index contributed by atoms with van der Waals surface area (Å²) in [7, 11) is 0. The summed E-state index contributed by atoms with van der Waals surface area (Å²) in [5.41, 5.74) is 3.27. The van der Waals surface area contributed by atoms with Gasteiger partial charge < -0.3 is 24.1 Å². The van der Waals surface area contributed by atoms with Gasteiger partial charge in [-0.05, 0) is 50.5 Å². The Morgan fingerprint density at radius 2 is 2.06 bits per heavy atom. The quantitative estimate of drug-likeness (QED) is 0.639. The molecular weight excluding hydrogens is 408 g/mol. The molecule has 1 aliphatic heterocycles. The number of fused-ring (bicyclic) bond motifs is 1. The molecule has 8 heteroatoms.